The summed E-state index contributed by atoms with van der Waals surface area (Å²) in [6.45, 7) is 3.22. The highest BCUT2D eigenvalue weighted by Gasteiger charge is 2.18. The molecule has 0 amide bonds. The lowest BCUT2D eigenvalue weighted by Gasteiger charge is -2.07. The van der Waals surface area contributed by atoms with E-state index in [2.05, 4.69) is 11.1 Å². The Hall–Kier alpha value is -1.38. The summed E-state index contributed by atoms with van der Waals surface area (Å²) in [4.78, 5) is 4.57. The fourth-order valence-corrected chi connectivity index (χ4v) is 2.21. The molecule has 2 heterocycles. The van der Waals surface area contributed by atoms with Gasteiger partial charge in [0.05, 0.1) is 18.9 Å². The van der Waals surface area contributed by atoms with Crippen molar-refractivity contribution >= 4 is 11.6 Å². The second-order valence-electron chi connectivity index (χ2n) is 4.13. The van der Waals surface area contributed by atoms with Crippen LogP contribution in [0.3, 0.4) is 0 Å². The lowest BCUT2D eigenvalue weighted by atomic mass is 10.0. The van der Waals surface area contributed by atoms with Crippen molar-refractivity contribution in [3.8, 4) is 11.3 Å². The number of ether oxygens (including phenoxy) is 1. The number of halogens is 1. The molecule has 2 aromatic rings. The van der Waals surface area contributed by atoms with Gasteiger partial charge in [-0.3, -0.25) is 4.98 Å². The van der Waals surface area contributed by atoms with Crippen LogP contribution in [0, 0.1) is 13.0 Å². The zero-order valence-corrected chi connectivity index (χ0v) is 10.2. The zero-order valence-electron chi connectivity index (χ0n) is 9.46. The second-order valence-corrected chi connectivity index (χ2v) is 4.56. The minimum Gasteiger partial charge on any atom is -0.372 e. The summed E-state index contributed by atoms with van der Waals surface area (Å²) in [5, 5.41) is 0.737. The Balaban J connectivity index is 2.17. The number of aromatic nitrogens is 1. The Labute approximate surface area is 105 Å². The first-order valence-electron chi connectivity index (χ1n) is 5.49. The van der Waals surface area contributed by atoms with E-state index in [4.69, 9.17) is 16.3 Å². The SMILES string of the molecule is Cc1[c]c2c(c(-c3ccc(Cl)cc3)n1)COC2. The summed E-state index contributed by atoms with van der Waals surface area (Å²) in [5.74, 6) is 0. The van der Waals surface area contributed by atoms with Crippen molar-refractivity contribution in [2.75, 3.05) is 0 Å². The molecule has 1 aromatic heterocycles. The van der Waals surface area contributed by atoms with Crippen molar-refractivity contribution < 1.29 is 4.74 Å². The fraction of sp³-hybridized carbons (Fsp3) is 0.214. The van der Waals surface area contributed by atoms with Crippen LogP contribution in [0.2, 0.25) is 5.02 Å². The fourth-order valence-electron chi connectivity index (χ4n) is 2.08. The third-order valence-electron chi connectivity index (χ3n) is 2.87. The molecule has 17 heavy (non-hydrogen) atoms. The molecule has 1 radical (unpaired) electrons. The van der Waals surface area contributed by atoms with Crippen molar-refractivity contribution in [1.82, 2.24) is 4.98 Å². The molecule has 0 unspecified atom stereocenters. The van der Waals surface area contributed by atoms with E-state index in [-0.39, 0.29) is 0 Å². The first kappa shape index (κ1) is 10.8. The molecule has 0 bridgehead atoms. The highest BCUT2D eigenvalue weighted by molar-refractivity contribution is 6.30. The minimum atomic E-state index is 0.622. The third-order valence-corrected chi connectivity index (χ3v) is 3.12. The van der Waals surface area contributed by atoms with Gasteiger partial charge in [-0.15, -0.1) is 0 Å². The van der Waals surface area contributed by atoms with E-state index in [9.17, 15) is 0 Å². The summed E-state index contributed by atoms with van der Waals surface area (Å²) in [7, 11) is 0. The Bertz CT molecular complexity index is 563. The molecule has 3 rings (SSSR count). The van der Waals surface area contributed by atoms with Crippen molar-refractivity contribution in [3.05, 3.63) is 52.2 Å². The molecule has 0 spiro atoms. The summed E-state index contributed by atoms with van der Waals surface area (Å²) in [6, 6.07) is 11.0. The zero-order chi connectivity index (χ0) is 11.8. The average Bonchev–Trinajstić information content (AvgIpc) is 2.77. The first-order chi connectivity index (χ1) is 8.24. The van der Waals surface area contributed by atoms with Crippen LogP contribution in [0.15, 0.2) is 24.3 Å². The summed E-state index contributed by atoms with van der Waals surface area (Å²) < 4.78 is 5.46. The number of rotatable bonds is 1. The Morgan fingerprint density at radius 3 is 2.76 bits per heavy atom. The highest BCUT2D eigenvalue weighted by Crippen LogP contribution is 2.30. The molecular formula is C14H11ClNO. The van der Waals surface area contributed by atoms with Crippen LogP contribution in [0.1, 0.15) is 16.8 Å². The maximum atomic E-state index is 5.90. The van der Waals surface area contributed by atoms with Gasteiger partial charge in [-0.25, -0.2) is 0 Å². The van der Waals surface area contributed by atoms with Crippen LogP contribution in [0.25, 0.3) is 11.3 Å². The molecule has 0 N–H and O–H groups in total. The molecule has 1 aromatic carbocycles. The van der Waals surface area contributed by atoms with E-state index < -0.39 is 0 Å². The summed E-state index contributed by atoms with van der Waals surface area (Å²) >= 11 is 5.90. The molecule has 2 nitrogen and oxygen atoms in total. The second kappa shape index (κ2) is 4.13. The van der Waals surface area contributed by atoms with Crippen molar-refractivity contribution in [2.45, 2.75) is 20.1 Å². The van der Waals surface area contributed by atoms with E-state index in [0.717, 1.165) is 33.1 Å². The monoisotopic (exact) mass is 244 g/mol. The number of benzene rings is 1. The number of fused-ring (bicyclic) bond motifs is 1. The number of pyridine rings is 1. The molecule has 1 aliphatic rings. The normalized spacial score (nSPS) is 13.8. The molecule has 1 aliphatic heterocycles. The van der Waals surface area contributed by atoms with Gasteiger partial charge in [-0.2, -0.15) is 0 Å². The van der Waals surface area contributed by atoms with Gasteiger partial charge < -0.3 is 4.74 Å². The van der Waals surface area contributed by atoms with E-state index >= 15 is 0 Å². The van der Waals surface area contributed by atoms with Crippen molar-refractivity contribution in [3.63, 3.8) is 0 Å². The predicted octanol–water partition coefficient (Wildman–Crippen LogP) is 3.54. The molecule has 0 saturated heterocycles. The van der Waals surface area contributed by atoms with Gasteiger partial charge in [0.25, 0.3) is 0 Å². The molecule has 3 heteroatoms. The first-order valence-corrected chi connectivity index (χ1v) is 5.87. The van der Waals surface area contributed by atoms with E-state index in [1.165, 1.54) is 0 Å². The average molecular weight is 245 g/mol. The topological polar surface area (TPSA) is 22.1 Å². The molecular weight excluding hydrogens is 234 g/mol. The van der Waals surface area contributed by atoms with Crippen LogP contribution in [0.4, 0.5) is 0 Å². The van der Waals surface area contributed by atoms with Crippen LogP contribution in [0.5, 0.6) is 0 Å². The van der Waals surface area contributed by atoms with Crippen LogP contribution in [-0.4, -0.2) is 4.98 Å². The number of nitrogens with zero attached hydrogens (tertiary/aromatic N) is 1. The van der Waals surface area contributed by atoms with E-state index in [1.54, 1.807) is 0 Å². The summed E-state index contributed by atoms with van der Waals surface area (Å²) in [5.41, 5.74) is 5.25. The predicted molar refractivity (Wildman–Crippen MR) is 66.7 cm³/mol. The minimum absolute atomic E-state index is 0.622. The van der Waals surface area contributed by atoms with Gasteiger partial charge in [0, 0.05) is 27.9 Å². The molecule has 0 fully saturated rings. The third kappa shape index (κ3) is 1.94. The van der Waals surface area contributed by atoms with Gasteiger partial charge >= 0.3 is 0 Å². The lowest BCUT2D eigenvalue weighted by molar-refractivity contribution is 0.134. The van der Waals surface area contributed by atoms with Crippen molar-refractivity contribution in [1.29, 1.82) is 0 Å². The number of hydrogen-bond donors (Lipinski definition) is 0. The van der Waals surface area contributed by atoms with Crippen LogP contribution >= 0.6 is 11.6 Å². The molecule has 0 saturated carbocycles. The van der Waals surface area contributed by atoms with Crippen LogP contribution < -0.4 is 0 Å². The Morgan fingerprint density at radius 1 is 1.24 bits per heavy atom. The Morgan fingerprint density at radius 2 is 2.00 bits per heavy atom. The van der Waals surface area contributed by atoms with Gasteiger partial charge in [-0.1, -0.05) is 23.7 Å². The molecule has 0 aliphatic carbocycles. The largest absolute Gasteiger partial charge is 0.372 e. The molecule has 0 atom stereocenters. The number of aryl methyl sites for hydroxylation is 1. The van der Waals surface area contributed by atoms with Gasteiger partial charge in [-0.05, 0) is 24.6 Å². The maximum absolute atomic E-state index is 5.90. The Kier molecular flexibility index (Phi) is 2.61. The van der Waals surface area contributed by atoms with Crippen molar-refractivity contribution in [2.24, 2.45) is 0 Å². The molecule has 85 valence electrons. The standard InChI is InChI=1S/C14H11ClNO/c1-9-6-11-7-17-8-13(11)14(16-9)10-2-4-12(15)5-3-10/h2-5H,7-8H2,1H3. The van der Waals surface area contributed by atoms with E-state index in [0.29, 0.717) is 13.2 Å². The van der Waals surface area contributed by atoms with E-state index in [1.807, 2.05) is 31.2 Å². The highest BCUT2D eigenvalue weighted by atomic mass is 35.5. The van der Waals surface area contributed by atoms with Crippen LogP contribution in [-0.2, 0) is 18.0 Å². The summed E-state index contributed by atoms with van der Waals surface area (Å²) in [6.07, 6.45) is 0. The maximum Gasteiger partial charge on any atom is 0.0764 e. The van der Waals surface area contributed by atoms with Gasteiger partial charge in [0.1, 0.15) is 0 Å². The lowest BCUT2D eigenvalue weighted by Crippen LogP contribution is -1.95. The quantitative estimate of drug-likeness (QED) is 0.766. The van der Waals surface area contributed by atoms with Gasteiger partial charge in [0.2, 0.25) is 0 Å². The van der Waals surface area contributed by atoms with Gasteiger partial charge in [0.15, 0.2) is 0 Å². The smallest absolute Gasteiger partial charge is 0.0764 e. The number of hydrogen-bond acceptors (Lipinski definition) is 2.